The van der Waals surface area contributed by atoms with Gasteiger partial charge < -0.3 is 9.55 Å². The maximum absolute atomic E-state index is 14.6. The van der Waals surface area contributed by atoms with Gasteiger partial charge in [0.2, 0.25) is 10.0 Å². The van der Waals surface area contributed by atoms with Gasteiger partial charge in [-0.25, -0.2) is 17.5 Å². The van der Waals surface area contributed by atoms with E-state index in [-0.39, 0.29) is 28.4 Å². The number of halogens is 2. The summed E-state index contributed by atoms with van der Waals surface area (Å²) in [6.45, 7) is -0.0577. The minimum atomic E-state index is -3.89. The van der Waals surface area contributed by atoms with Crippen LogP contribution in [-0.2, 0) is 16.6 Å². The number of pyridine rings is 1. The molecule has 1 aliphatic carbocycles. The van der Waals surface area contributed by atoms with Gasteiger partial charge in [-0.2, -0.15) is 0 Å². The van der Waals surface area contributed by atoms with Gasteiger partial charge in [0.05, 0.1) is 22.4 Å². The molecule has 2 aromatic carbocycles. The van der Waals surface area contributed by atoms with Crippen LogP contribution >= 0.6 is 11.6 Å². The molecule has 5 rings (SSSR count). The van der Waals surface area contributed by atoms with E-state index >= 15 is 0 Å². The van der Waals surface area contributed by atoms with Crippen molar-refractivity contribution in [3.8, 4) is 11.1 Å². The molecule has 174 valence electrons. The van der Waals surface area contributed by atoms with Crippen LogP contribution in [0.1, 0.15) is 28.9 Å². The standard InChI is InChI=1S/C24H19ClFN3O4S/c25-15-11-18(23(30)27-12-15)21-17-6-2-4-8-20(17)29(13-14-5-1-3-7-19(14)26)22(21)24(31)28-34(32,33)16-9-10-16/h1-8,11-12,16H,9-10,13H2,(H,27,30)(H,28,31). The average molecular weight is 500 g/mol. The highest BCUT2D eigenvalue weighted by Crippen LogP contribution is 2.36. The number of rotatable bonds is 6. The molecule has 1 aliphatic rings. The number of fused-ring (bicyclic) bond motifs is 1. The molecule has 7 nitrogen and oxygen atoms in total. The number of hydrogen-bond donors (Lipinski definition) is 2. The Kier molecular flexibility index (Phi) is 5.53. The fraction of sp³-hybridized carbons (Fsp3) is 0.167. The number of para-hydroxylation sites is 1. The Balaban J connectivity index is 1.80. The number of nitrogens with one attached hydrogen (secondary N) is 2. The first kappa shape index (κ1) is 22.4. The molecule has 0 spiro atoms. The Morgan fingerprint density at radius 2 is 1.85 bits per heavy atom. The highest BCUT2D eigenvalue weighted by molar-refractivity contribution is 7.91. The van der Waals surface area contributed by atoms with E-state index in [0.717, 1.165) is 0 Å². The van der Waals surface area contributed by atoms with Crippen LogP contribution in [-0.4, -0.2) is 29.1 Å². The van der Waals surface area contributed by atoms with E-state index in [2.05, 4.69) is 9.71 Å². The molecule has 10 heteroatoms. The maximum Gasteiger partial charge on any atom is 0.282 e. The summed E-state index contributed by atoms with van der Waals surface area (Å²) in [7, 11) is -3.89. The zero-order valence-corrected chi connectivity index (χ0v) is 19.3. The molecular weight excluding hydrogens is 481 g/mol. The van der Waals surface area contributed by atoms with E-state index in [0.29, 0.717) is 29.3 Å². The van der Waals surface area contributed by atoms with Crippen molar-refractivity contribution >= 4 is 38.4 Å². The van der Waals surface area contributed by atoms with Crippen LogP contribution in [0.2, 0.25) is 5.02 Å². The quantitative estimate of drug-likeness (QED) is 0.417. The largest absolute Gasteiger partial charge is 0.331 e. The number of nitrogens with zero attached hydrogens (tertiary/aromatic N) is 1. The molecule has 0 unspecified atom stereocenters. The number of aromatic nitrogens is 2. The summed E-state index contributed by atoms with van der Waals surface area (Å²) in [5.41, 5.74) is 0.589. The molecule has 0 bridgehead atoms. The molecule has 4 aromatic rings. The molecular formula is C24H19ClFN3O4S. The fourth-order valence-corrected chi connectivity index (χ4v) is 5.50. The van der Waals surface area contributed by atoms with E-state index in [1.807, 2.05) is 0 Å². The molecule has 0 radical (unpaired) electrons. The second-order valence-corrected chi connectivity index (χ2v) is 10.6. The molecule has 1 fully saturated rings. The zero-order chi connectivity index (χ0) is 24.0. The third-order valence-corrected chi connectivity index (χ3v) is 7.84. The third-order valence-electron chi connectivity index (χ3n) is 5.81. The van der Waals surface area contributed by atoms with E-state index in [9.17, 15) is 22.4 Å². The molecule has 2 heterocycles. The number of H-pyrrole nitrogens is 1. The minimum absolute atomic E-state index is 0.0577. The molecule has 2 aromatic heterocycles. The van der Waals surface area contributed by atoms with E-state index in [1.54, 1.807) is 42.5 Å². The Morgan fingerprint density at radius 3 is 2.59 bits per heavy atom. The van der Waals surface area contributed by atoms with Gasteiger partial charge in [-0.1, -0.05) is 48.0 Å². The van der Waals surface area contributed by atoms with E-state index in [4.69, 9.17) is 11.6 Å². The Morgan fingerprint density at radius 1 is 1.15 bits per heavy atom. The SMILES string of the molecule is O=C(NS(=O)(=O)C1CC1)c1c(-c2cc(Cl)c[nH]c2=O)c2ccccc2n1Cc1ccccc1F. The second-order valence-electron chi connectivity index (χ2n) is 8.15. The Labute approximate surface area is 199 Å². The third kappa shape index (κ3) is 4.01. The highest BCUT2D eigenvalue weighted by atomic mass is 35.5. The molecule has 0 atom stereocenters. The van der Waals surface area contributed by atoms with Crippen LogP contribution in [0.3, 0.4) is 0 Å². The van der Waals surface area contributed by atoms with Crippen molar-refractivity contribution in [3.05, 3.63) is 93.2 Å². The molecule has 34 heavy (non-hydrogen) atoms. The van der Waals surface area contributed by atoms with Crippen molar-refractivity contribution in [2.45, 2.75) is 24.6 Å². The molecule has 1 saturated carbocycles. The van der Waals surface area contributed by atoms with Crippen LogP contribution in [0.15, 0.2) is 65.6 Å². The minimum Gasteiger partial charge on any atom is -0.331 e. The summed E-state index contributed by atoms with van der Waals surface area (Å²) in [5.74, 6) is -1.37. The normalized spacial score (nSPS) is 13.8. The summed E-state index contributed by atoms with van der Waals surface area (Å²) >= 11 is 6.14. The lowest BCUT2D eigenvalue weighted by atomic mass is 10.0. The molecule has 0 aliphatic heterocycles. The zero-order valence-electron chi connectivity index (χ0n) is 17.7. The smallest absolute Gasteiger partial charge is 0.282 e. The van der Waals surface area contributed by atoms with Crippen LogP contribution in [0, 0.1) is 5.82 Å². The first-order valence-electron chi connectivity index (χ1n) is 10.6. The number of aromatic amines is 1. The number of carbonyl (C=O) groups excluding carboxylic acids is 1. The fourth-order valence-electron chi connectivity index (χ4n) is 4.06. The lowest BCUT2D eigenvalue weighted by molar-refractivity contribution is 0.0974. The van der Waals surface area contributed by atoms with Crippen molar-refractivity contribution in [1.82, 2.24) is 14.3 Å². The van der Waals surface area contributed by atoms with Crippen molar-refractivity contribution in [3.63, 3.8) is 0 Å². The summed E-state index contributed by atoms with van der Waals surface area (Å²) in [6.07, 6.45) is 2.27. The molecule has 1 amide bonds. The first-order valence-corrected chi connectivity index (χ1v) is 12.5. The van der Waals surface area contributed by atoms with Gasteiger partial charge in [-0.15, -0.1) is 0 Å². The van der Waals surface area contributed by atoms with Crippen molar-refractivity contribution in [2.24, 2.45) is 0 Å². The number of sulfonamides is 1. The predicted octanol–water partition coefficient (Wildman–Crippen LogP) is 4.06. The summed E-state index contributed by atoms with van der Waals surface area (Å²) < 4.78 is 43.4. The van der Waals surface area contributed by atoms with Gasteiger partial charge >= 0.3 is 0 Å². The van der Waals surface area contributed by atoms with Crippen LogP contribution < -0.4 is 10.3 Å². The van der Waals surface area contributed by atoms with Crippen molar-refractivity contribution in [2.75, 3.05) is 0 Å². The highest BCUT2D eigenvalue weighted by Gasteiger charge is 2.38. The summed E-state index contributed by atoms with van der Waals surface area (Å²) in [4.78, 5) is 28.8. The Bertz CT molecular complexity index is 1610. The topological polar surface area (TPSA) is 101 Å². The average Bonchev–Trinajstić information content (AvgIpc) is 3.61. The van der Waals surface area contributed by atoms with Gasteiger partial charge in [0.15, 0.2) is 0 Å². The van der Waals surface area contributed by atoms with Gasteiger partial charge in [-0.3, -0.25) is 9.59 Å². The molecule has 0 saturated heterocycles. The van der Waals surface area contributed by atoms with Crippen LogP contribution in [0.5, 0.6) is 0 Å². The van der Waals surface area contributed by atoms with Gasteiger partial charge in [0, 0.05) is 28.2 Å². The van der Waals surface area contributed by atoms with E-state index in [1.165, 1.54) is 22.9 Å². The summed E-state index contributed by atoms with van der Waals surface area (Å²) in [6, 6.07) is 14.5. The number of hydrogen-bond acceptors (Lipinski definition) is 4. The van der Waals surface area contributed by atoms with Gasteiger partial charge in [0.1, 0.15) is 11.5 Å². The lowest BCUT2D eigenvalue weighted by Gasteiger charge is -2.13. The maximum atomic E-state index is 14.6. The number of carbonyl (C=O) groups is 1. The van der Waals surface area contributed by atoms with Crippen LogP contribution in [0.25, 0.3) is 22.0 Å². The van der Waals surface area contributed by atoms with Crippen molar-refractivity contribution < 1.29 is 17.6 Å². The molecule has 2 N–H and O–H groups in total. The second kappa shape index (κ2) is 8.41. The van der Waals surface area contributed by atoms with Gasteiger partial charge in [0.25, 0.3) is 11.5 Å². The van der Waals surface area contributed by atoms with Crippen molar-refractivity contribution in [1.29, 1.82) is 0 Å². The van der Waals surface area contributed by atoms with Gasteiger partial charge in [-0.05, 0) is 31.0 Å². The monoisotopic (exact) mass is 499 g/mol. The van der Waals surface area contributed by atoms with Crippen LogP contribution in [0.4, 0.5) is 4.39 Å². The first-order chi connectivity index (χ1) is 16.3. The Hall–Kier alpha value is -3.43. The van der Waals surface area contributed by atoms with E-state index < -0.39 is 32.6 Å². The number of amides is 1. The summed E-state index contributed by atoms with van der Waals surface area (Å²) in [5, 5.41) is 0.136. The predicted molar refractivity (Wildman–Crippen MR) is 128 cm³/mol. The number of benzene rings is 2. The lowest BCUT2D eigenvalue weighted by Crippen LogP contribution is -2.35.